The summed E-state index contributed by atoms with van der Waals surface area (Å²) in [4.78, 5) is 21.0. The normalized spacial score (nSPS) is 10.8. The van der Waals surface area contributed by atoms with E-state index in [-0.39, 0.29) is 5.91 Å². The molecule has 0 radical (unpaired) electrons. The summed E-state index contributed by atoms with van der Waals surface area (Å²) in [5.74, 6) is 0.257. The van der Waals surface area contributed by atoms with E-state index in [1.165, 1.54) is 0 Å². The van der Waals surface area contributed by atoms with Crippen molar-refractivity contribution in [2.45, 2.75) is 13.8 Å². The molecule has 0 spiro atoms. The van der Waals surface area contributed by atoms with Gasteiger partial charge in [0.1, 0.15) is 17.2 Å². The van der Waals surface area contributed by atoms with Gasteiger partial charge in [-0.1, -0.05) is 17.7 Å². The molecule has 6 heteroatoms. The van der Waals surface area contributed by atoms with E-state index >= 15 is 0 Å². The maximum Gasteiger partial charge on any atom is 0.275 e. The Morgan fingerprint density at radius 1 is 1.29 bits per heavy atom. The van der Waals surface area contributed by atoms with Crippen molar-refractivity contribution in [3.05, 3.63) is 58.6 Å². The Labute approximate surface area is 126 Å². The Hall–Kier alpha value is -2.40. The molecule has 0 aliphatic carbocycles. The highest BCUT2D eigenvalue weighted by atomic mass is 35.5. The summed E-state index contributed by atoms with van der Waals surface area (Å²) in [5, 5.41) is 3.36. The van der Waals surface area contributed by atoms with Crippen LogP contribution in [-0.4, -0.2) is 20.3 Å². The maximum absolute atomic E-state index is 12.4. The number of carbonyl (C=O) groups excluding carboxylic acids is 1. The van der Waals surface area contributed by atoms with E-state index in [2.05, 4.69) is 15.3 Å². The third-order valence-corrected chi connectivity index (χ3v) is 3.37. The van der Waals surface area contributed by atoms with E-state index in [9.17, 15) is 4.79 Å². The number of aryl methyl sites for hydroxylation is 2. The van der Waals surface area contributed by atoms with Gasteiger partial charge in [0.15, 0.2) is 0 Å². The van der Waals surface area contributed by atoms with Crippen LogP contribution in [0.1, 0.15) is 21.7 Å². The number of amides is 1. The standard InChI is InChI=1S/C15H13ClN4O/c1-9-3-4-12(17-8-9)19-15(21)14-10(2)18-13-7-11(16)5-6-20(13)14/h3-8H,1-2H3,(H,17,19,21). The van der Waals surface area contributed by atoms with Crippen molar-refractivity contribution in [1.82, 2.24) is 14.4 Å². The third-order valence-electron chi connectivity index (χ3n) is 3.13. The molecule has 0 saturated carbocycles. The monoisotopic (exact) mass is 300 g/mol. The fraction of sp³-hybridized carbons (Fsp3) is 0.133. The molecular weight excluding hydrogens is 288 g/mol. The Balaban J connectivity index is 1.97. The Morgan fingerprint density at radius 3 is 2.81 bits per heavy atom. The molecule has 5 nitrogen and oxygen atoms in total. The van der Waals surface area contributed by atoms with Crippen LogP contribution in [0.3, 0.4) is 0 Å². The average Bonchev–Trinajstić information content (AvgIpc) is 2.76. The van der Waals surface area contributed by atoms with Crippen LogP contribution < -0.4 is 5.32 Å². The smallest absolute Gasteiger partial charge is 0.275 e. The fourth-order valence-corrected chi connectivity index (χ4v) is 2.28. The molecular formula is C15H13ClN4O. The second-order valence-electron chi connectivity index (χ2n) is 4.79. The first kappa shape index (κ1) is 13.6. The topological polar surface area (TPSA) is 59.3 Å². The van der Waals surface area contributed by atoms with Gasteiger partial charge in [-0.2, -0.15) is 0 Å². The van der Waals surface area contributed by atoms with Gasteiger partial charge in [0.25, 0.3) is 5.91 Å². The van der Waals surface area contributed by atoms with Gasteiger partial charge >= 0.3 is 0 Å². The summed E-state index contributed by atoms with van der Waals surface area (Å²) >= 11 is 5.94. The summed E-state index contributed by atoms with van der Waals surface area (Å²) in [7, 11) is 0. The summed E-state index contributed by atoms with van der Waals surface area (Å²) in [6.07, 6.45) is 3.44. The van der Waals surface area contributed by atoms with Gasteiger partial charge in [-0.05, 0) is 31.5 Å². The highest BCUT2D eigenvalue weighted by molar-refractivity contribution is 6.30. The zero-order valence-corrected chi connectivity index (χ0v) is 12.3. The van der Waals surface area contributed by atoms with Crippen molar-refractivity contribution in [3.8, 4) is 0 Å². The highest BCUT2D eigenvalue weighted by Gasteiger charge is 2.17. The van der Waals surface area contributed by atoms with E-state index in [0.717, 1.165) is 5.56 Å². The number of anilines is 1. The van der Waals surface area contributed by atoms with Crippen LogP contribution in [0, 0.1) is 13.8 Å². The van der Waals surface area contributed by atoms with Crippen LogP contribution >= 0.6 is 11.6 Å². The van der Waals surface area contributed by atoms with E-state index in [4.69, 9.17) is 11.6 Å². The summed E-state index contributed by atoms with van der Waals surface area (Å²) in [6, 6.07) is 7.10. The van der Waals surface area contributed by atoms with E-state index < -0.39 is 0 Å². The first-order valence-corrected chi connectivity index (χ1v) is 6.80. The SMILES string of the molecule is Cc1ccc(NC(=O)c2c(C)nc3cc(Cl)ccn23)nc1. The minimum atomic E-state index is -0.251. The van der Waals surface area contributed by atoms with Crippen LogP contribution in [0.4, 0.5) is 5.82 Å². The molecule has 0 aliphatic heterocycles. The highest BCUT2D eigenvalue weighted by Crippen LogP contribution is 2.17. The number of nitrogens with zero attached hydrogens (tertiary/aromatic N) is 3. The number of imidazole rings is 1. The molecule has 1 N–H and O–H groups in total. The molecule has 21 heavy (non-hydrogen) atoms. The van der Waals surface area contributed by atoms with Crippen molar-refractivity contribution >= 4 is 29.0 Å². The van der Waals surface area contributed by atoms with Gasteiger partial charge in [-0.15, -0.1) is 0 Å². The number of rotatable bonds is 2. The number of halogens is 1. The van der Waals surface area contributed by atoms with Gasteiger partial charge in [-0.25, -0.2) is 9.97 Å². The zero-order chi connectivity index (χ0) is 15.0. The van der Waals surface area contributed by atoms with Gasteiger partial charge in [0, 0.05) is 23.5 Å². The van der Waals surface area contributed by atoms with Gasteiger partial charge in [0.05, 0.1) is 5.69 Å². The Morgan fingerprint density at radius 2 is 2.10 bits per heavy atom. The average molecular weight is 301 g/mol. The molecule has 3 aromatic heterocycles. The van der Waals surface area contributed by atoms with Crippen LogP contribution in [0.15, 0.2) is 36.7 Å². The molecule has 0 unspecified atom stereocenters. The molecule has 0 bridgehead atoms. The van der Waals surface area contributed by atoms with Crippen molar-refractivity contribution < 1.29 is 4.79 Å². The fourth-order valence-electron chi connectivity index (χ4n) is 2.13. The maximum atomic E-state index is 12.4. The minimum Gasteiger partial charge on any atom is -0.305 e. The molecule has 0 aliphatic rings. The number of nitrogens with one attached hydrogen (secondary N) is 1. The van der Waals surface area contributed by atoms with Crippen LogP contribution in [0.2, 0.25) is 5.02 Å². The predicted molar refractivity (Wildman–Crippen MR) is 81.9 cm³/mol. The number of pyridine rings is 2. The predicted octanol–water partition coefficient (Wildman–Crippen LogP) is 3.25. The molecule has 3 rings (SSSR count). The summed E-state index contributed by atoms with van der Waals surface area (Å²) in [6.45, 7) is 3.73. The number of hydrogen-bond donors (Lipinski definition) is 1. The van der Waals surface area contributed by atoms with E-state index in [0.29, 0.717) is 27.9 Å². The second-order valence-corrected chi connectivity index (χ2v) is 5.23. The molecule has 3 heterocycles. The minimum absolute atomic E-state index is 0.251. The lowest BCUT2D eigenvalue weighted by molar-refractivity contribution is 0.102. The van der Waals surface area contributed by atoms with Crippen molar-refractivity contribution in [2.75, 3.05) is 5.32 Å². The lowest BCUT2D eigenvalue weighted by atomic mass is 10.3. The Bertz CT molecular complexity index is 824. The quantitative estimate of drug-likeness (QED) is 0.790. The molecule has 0 aromatic carbocycles. The van der Waals surface area contributed by atoms with Crippen LogP contribution in [0.25, 0.3) is 5.65 Å². The summed E-state index contributed by atoms with van der Waals surface area (Å²) in [5.41, 5.74) is 2.79. The van der Waals surface area contributed by atoms with Crippen LogP contribution in [0.5, 0.6) is 0 Å². The van der Waals surface area contributed by atoms with Crippen molar-refractivity contribution in [3.63, 3.8) is 0 Å². The Kier molecular flexibility index (Phi) is 3.35. The zero-order valence-electron chi connectivity index (χ0n) is 11.6. The van der Waals surface area contributed by atoms with Crippen molar-refractivity contribution in [2.24, 2.45) is 0 Å². The summed E-state index contributed by atoms with van der Waals surface area (Å²) < 4.78 is 1.71. The number of fused-ring (bicyclic) bond motifs is 1. The number of aromatic nitrogens is 3. The van der Waals surface area contributed by atoms with E-state index in [1.54, 1.807) is 41.9 Å². The lowest BCUT2D eigenvalue weighted by Gasteiger charge is -2.05. The van der Waals surface area contributed by atoms with Gasteiger partial charge < -0.3 is 5.32 Å². The first-order chi connectivity index (χ1) is 10.0. The number of hydrogen-bond acceptors (Lipinski definition) is 3. The molecule has 0 fully saturated rings. The van der Waals surface area contributed by atoms with Crippen molar-refractivity contribution in [1.29, 1.82) is 0 Å². The van der Waals surface area contributed by atoms with Gasteiger partial charge in [0.2, 0.25) is 0 Å². The van der Waals surface area contributed by atoms with E-state index in [1.807, 2.05) is 13.0 Å². The molecule has 0 atom stereocenters. The number of carbonyl (C=O) groups is 1. The molecule has 106 valence electrons. The molecule has 1 amide bonds. The molecule has 3 aromatic rings. The lowest BCUT2D eigenvalue weighted by Crippen LogP contribution is -2.16. The third kappa shape index (κ3) is 2.60. The van der Waals surface area contributed by atoms with Gasteiger partial charge in [-0.3, -0.25) is 9.20 Å². The van der Waals surface area contributed by atoms with Crippen LogP contribution in [-0.2, 0) is 0 Å². The largest absolute Gasteiger partial charge is 0.305 e. The first-order valence-electron chi connectivity index (χ1n) is 6.43. The second kappa shape index (κ2) is 5.18. The molecule has 0 saturated heterocycles.